The van der Waals surface area contributed by atoms with Gasteiger partial charge in [-0.25, -0.2) is 0 Å². The van der Waals surface area contributed by atoms with Gasteiger partial charge < -0.3 is 0 Å². The van der Waals surface area contributed by atoms with E-state index >= 15 is 0 Å². The number of nitrogens with zero attached hydrogens (tertiary/aromatic N) is 3. The second kappa shape index (κ2) is 9.49. The first-order valence-corrected chi connectivity index (χ1v) is 7.81. The first kappa shape index (κ1) is 16.8. The summed E-state index contributed by atoms with van der Waals surface area (Å²) in [6, 6.07) is 18.0. The van der Waals surface area contributed by atoms with Crippen molar-refractivity contribution in [2.75, 3.05) is 19.6 Å². The van der Waals surface area contributed by atoms with Gasteiger partial charge in [0.05, 0.1) is 11.4 Å². The first-order chi connectivity index (χ1) is 11.3. The van der Waals surface area contributed by atoms with E-state index in [4.69, 9.17) is 0 Å². The Morgan fingerprint density at radius 1 is 0.783 bits per heavy atom. The summed E-state index contributed by atoms with van der Waals surface area (Å²) in [5.41, 5.74) is 3.02. The molecule has 0 spiro atoms. The lowest BCUT2D eigenvalue weighted by atomic mass is 10.1. The van der Waals surface area contributed by atoms with Gasteiger partial charge in [-0.1, -0.05) is 42.5 Å². The molecule has 3 heteroatoms. The fourth-order valence-electron chi connectivity index (χ4n) is 2.25. The van der Waals surface area contributed by atoms with Crippen LogP contribution in [0.4, 0.5) is 11.4 Å². The molecule has 23 heavy (non-hydrogen) atoms. The highest BCUT2D eigenvalue weighted by Crippen LogP contribution is 2.18. The van der Waals surface area contributed by atoms with E-state index in [2.05, 4.69) is 40.4 Å². The van der Waals surface area contributed by atoms with Crippen molar-refractivity contribution < 1.29 is 0 Å². The fourth-order valence-corrected chi connectivity index (χ4v) is 2.25. The van der Waals surface area contributed by atoms with Gasteiger partial charge >= 0.3 is 0 Å². The minimum absolute atomic E-state index is 0.862. The number of benzene rings is 2. The van der Waals surface area contributed by atoms with Gasteiger partial charge in [-0.2, -0.15) is 10.2 Å². The SMILES string of the molecule is C=CCN(CC=C)CCc1ccc(N=Nc2ccccc2)cc1. The number of hydrogen-bond donors (Lipinski definition) is 0. The molecule has 0 radical (unpaired) electrons. The van der Waals surface area contributed by atoms with E-state index in [0.717, 1.165) is 37.4 Å². The Morgan fingerprint density at radius 2 is 1.35 bits per heavy atom. The summed E-state index contributed by atoms with van der Waals surface area (Å²) in [6.07, 6.45) is 4.85. The summed E-state index contributed by atoms with van der Waals surface area (Å²) in [5.74, 6) is 0. The molecule has 0 saturated carbocycles. The maximum absolute atomic E-state index is 4.26. The maximum atomic E-state index is 4.26. The Hall–Kier alpha value is -2.52. The van der Waals surface area contributed by atoms with E-state index in [1.54, 1.807) is 0 Å². The van der Waals surface area contributed by atoms with Crippen molar-refractivity contribution in [3.8, 4) is 0 Å². The molecule has 2 aromatic rings. The Labute approximate surface area is 138 Å². The zero-order valence-corrected chi connectivity index (χ0v) is 13.4. The molecule has 0 aromatic heterocycles. The minimum Gasteiger partial charge on any atom is -0.296 e. The molecular formula is C20H23N3. The zero-order valence-electron chi connectivity index (χ0n) is 13.4. The van der Waals surface area contributed by atoms with Crippen molar-refractivity contribution in [1.82, 2.24) is 4.90 Å². The summed E-state index contributed by atoms with van der Waals surface area (Å²) in [5, 5.41) is 8.48. The van der Waals surface area contributed by atoms with E-state index < -0.39 is 0 Å². The highest BCUT2D eigenvalue weighted by Gasteiger charge is 2.01. The Bertz CT molecular complexity index is 620. The van der Waals surface area contributed by atoms with Crippen LogP contribution >= 0.6 is 0 Å². The van der Waals surface area contributed by atoms with Crippen LogP contribution in [0.25, 0.3) is 0 Å². The van der Waals surface area contributed by atoms with Crippen LogP contribution in [0.1, 0.15) is 5.56 Å². The normalized spacial score (nSPS) is 11.0. The van der Waals surface area contributed by atoms with Crippen LogP contribution in [-0.2, 0) is 6.42 Å². The van der Waals surface area contributed by atoms with Crippen LogP contribution in [0.2, 0.25) is 0 Å². The molecule has 0 fully saturated rings. The quantitative estimate of drug-likeness (QED) is 0.455. The molecule has 0 aliphatic rings. The number of hydrogen-bond acceptors (Lipinski definition) is 3. The molecule has 0 amide bonds. The third kappa shape index (κ3) is 6.01. The van der Waals surface area contributed by atoms with Gasteiger partial charge in [0, 0.05) is 19.6 Å². The maximum Gasteiger partial charge on any atom is 0.0857 e. The lowest BCUT2D eigenvalue weighted by Gasteiger charge is -2.18. The molecule has 3 nitrogen and oxygen atoms in total. The Kier molecular flexibility index (Phi) is 6.95. The lowest BCUT2D eigenvalue weighted by molar-refractivity contribution is 0.340. The third-order valence-electron chi connectivity index (χ3n) is 3.46. The highest BCUT2D eigenvalue weighted by atomic mass is 15.1. The molecule has 2 rings (SSSR count). The predicted octanol–water partition coefficient (Wildman–Crippen LogP) is 5.32. The minimum atomic E-state index is 0.862. The smallest absolute Gasteiger partial charge is 0.0857 e. The molecule has 0 bridgehead atoms. The van der Waals surface area contributed by atoms with Crippen molar-refractivity contribution in [2.24, 2.45) is 10.2 Å². The summed E-state index contributed by atoms with van der Waals surface area (Å²) in [7, 11) is 0. The molecule has 0 atom stereocenters. The van der Waals surface area contributed by atoms with E-state index in [1.807, 2.05) is 54.6 Å². The molecule has 0 saturated heterocycles. The van der Waals surface area contributed by atoms with Crippen LogP contribution in [0.15, 0.2) is 90.1 Å². The van der Waals surface area contributed by atoms with E-state index in [1.165, 1.54) is 5.56 Å². The first-order valence-electron chi connectivity index (χ1n) is 7.81. The van der Waals surface area contributed by atoms with Crippen molar-refractivity contribution in [1.29, 1.82) is 0 Å². The van der Waals surface area contributed by atoms with Gasteiger partial charge in [0.25, 0.3) is 0 Å². The summed E-state index contributed by atoms with van der Waals surface area (Å²) >= 11 is 0. The Balaban J connectivity index is 1.90. The highest BCUT2D eigenvalue weighted by molar-refractivity contribution is 5.41. The molecule has 2 aromatic carbocycles. The average molecular weight is 305 g/mol. The van der Waals surface area contributed by atoms with Crippen LogP contribution in [-0.4, -0.2) is 24.5 Å². The van der Waals surface area contributed by atoms with Crippen LogP contribution < -0.4 is 0 Å². The molecule has 0 heterocycles. The van der Waals surface area contributed by atoms with Crippen LogP contribution in [0.5, 0.6) is 0 Å². The predicted molar refractivity (Wildman–Crippen MR) is 97.6 cm³/mol. The van der Waals surface area contributed by atoms with E-state index in [9.17, 15) is 0 Å². The summed E-state index contributed by atoms with van der Waals surface area (Å²) < 4.78 is 0. The van der Waals surface area contributed by atoms with Gasteiger partial charge in [-0.3, -0.25) is 4.90 Å². The van der Waals surface area contributed by atoms with Gasteiger partial charge in [0.2, 0.25) is 0 Å². The van der Waals surface area contributed by atoms with Crippen molar-refractivity contribution in [2.45, 2.75) is 6.42 Å². The van der Waals surface area contributed by atoms with Crippen molar-refractivity contribution in [3.05, 3.63) is 85.5 Å². The fraction of sp³-hybridized carbons (Fsp3) is 0.200. The molecule has 0 aliphatic carbocycles. The average Bonchev–Trinajstić information content (AvgIpc) is 2.60. The standard InChI is InChI=1S/C20H23N3/c1-3-15-23(16-4-2)17-14-18-10-12-20(13-11-18)22-21-19-8-6-5-7-9-19/h3-13H,1-2,14-17H2. The molecule has 0 aliphatic heterocycles. The zero-order chi connectivity index (χ0) is 16.3. The third-order valence-corrected chi connectivity index (χ3v) is 3.46. The Morgan fingerprint density at radius 3 is 1.91 bits per heavy atom. The van der Waals surface area contributed by atoms with Crippen LogP contribution in [0, 0.1) is 0 Å². The van der Waals surface area contributed by atoms with Crippen molar-refractivity contribution >= 4 is 11.4 Å². The van der Waals surface area contributed by atoms with Gasteiger partial charge in [0.1, 0.15) is 0 Å². The summed E-state index contributed by atoms with van der Waals surface area (Å²) in [6.45, 7) is 10.3. The van der Waals surface area contributed by atoms with Crippen LogP contribution in [0.3, 0.4) is 0 Å². The number of azo groups is 1. The van der Waals surface area contributed by atoms with Gasteiger partial charge in [0.15, 0.2) is 0 Å². The monoisotopic (exact) mass is 305 g/mol. The molecule has 0 unspecified atom stereocenters. The van der Waals surface area contributed by atoms with Gasteiger partial charge in [-0.05, 0) is 36.2 Å². The van der Waals surface area contributed by atoms with Gasteiger partial charge in [-0.15, -0.1) is 13.2 Å². The number of rotatable bonds is 9. The van der Waals surface area contributed by atoms with E-state index in [-0.39, 0.29) is 0 Å². The molecular weight excluding hydrogens is 282 g/mol. The summed E-state index contributed by atoms with van der Waals surface area (Å²) in [4.78, 5) is 2.31. The topological polar surface area (TPSA) is 28.0 Å². The molecule has 0 N–H and O–H groups in total. The van der Waals surface area contributed by atoms with Crippen molar-refractivity contribution in [3.63, 3.8) is 0 Å². The van der Waals surface area contributed by atoms with E-state index in [0.29, 0.717) is 0 Å². The second-order valence-electron chi connectivity index (χ2n) is 5.29. The largest absolute Gasteiger partial charge is 0.296 e. The second-order valence-corrected chi connectivity index (χ2v) is 5.29. The molecule has 118 valence electrons. The lowest BCUT2D eigenvalue weighted by Crippen LogP contribution is -2.26.